The van der Waals surface area contributed by atoms with Crippen LogP contribution in [0.1, 0.15) is 4.88 Å². The van der Waals surface area contributed by atoms with Gasteiger partial charge in [-0.2, -0.15) is 15.1 Å². The number of hydrogen-bond donors (Lipinski definition) is 1. The summed E-state index contributed by atoms with van der Waals surface area (Å²) in [6.07, 6.45) is 2.85. The molecule has 0 saturated carbocycles. The molecule has 0 aliphatic carbocycles. The average molecular weight is 343 g/mol. The average Bonchev–Trinajstić information content (AvgIpc) is 3.24. The highest BCUT2D eigenvalue weighted by Gasteiger charge is 2.20. The number of aryl methyl sites for hydroxylation is 1. The molecule has 1 saturated heterocycles. The molecule has 0 spiro atoms. The SMILES string of the molecule is Cn1ncc2c(N)nc(N3CCN(CCc4cccs4)CC3)nc21. The smallest absolute Gasteiger partial charge is 0.229 e. The zero-order valence-corrected chi connectivity index (χ0v) is 14.5. The van der Waals surface area contributed by atoms with Gasteiger partial charge in [-0.3, -0.25) is 9.58 Å². The molecule has 2 N–H and O–H groups in total. The minimum Gasteiger partial charge on any atom is -0.383 e. The number of piperazine rings is 1. The molecule has 1 aliphatic rings. The topological polar surface area (TPSA) is 76.1 Å². The number of hydrogen-bond acceptors (Lipinski definition) is 7. The normalized spacial score (nSPS) is 16.1. The molecule has 1 aliphatic heterocycles. The lowest BCUT2D eigenvalue weighted by Gasteiger charge is -2.34. The van der Waals surface area contributed by atoms with Gasteiger partial charge < -0.3 is 10.6 Å². The van der Waals surface area contributed by atoms with Crippen molar-refractivity contribution in [2.45, 2.75) is 6.42 Å². The minimum atomic E-state index is 0.503. The highest BCUT2D eigenvalue weighted by atomic mass is 32.1. The molecule has 7 nitrogen and oxygen atoms in total. The zero-order chi connectivity index (χ0) is 16.5. The lowest BCUT2D eigenvalue weighted by atomic mass is 10.2. The van der Waals surface area contributed by atoms with Crippen LogP contribution in [-0.2, 0) is 13.5 Å². The zero-order valence-electron chi connectivity index (χ0n) is 13.7. The lowest BCUT2D eigenvalue weighted by molar-refractivity contribution is 0.260. The summed E-state index contributed by atoms with van der Waals surface area (Å²) in [7, 11) is 1.88. The second kappa shape index (κ2) is 6.37. The third-order valence-corrected chi connectivity index (χ3v) is 5.46. The van der Waals surface area contributed by atoms with E-state index >= 15 is 0 Å². The van der Waals surface area contributed by atoms with Gasteiger partial charge in [-0.15, -0.1) is 11.3 Å². The molecule has 0 amide bonds. The van der Waals surface area contributed by atoms with Crippen LogP contribution in [0.5, 0.6) is 0 Å². The van der Waals surface area contributed by atoms with E-state index in [1.54, 1.807) is 10.9 Å². The summed E-state index contributed by atoms with van der Waals surface area (Å²) in [5.41, 5.74) is 6.86. The standard InChI is InChI=1S/C16H21N7S/c1-21-15-13(11-18-21)14(17)19-16(20-15)23-8-6-22(7-9-23)5-4-12-3-2-10-24-12/h2-3,10-11H,4-9H2,1H3,(H2,17,19,20). The number of aromatic nitrogens is 4. The van der Waals surface area contributed by atoms with E-state index in [2.05, 4.69) is 42.4 Å². The van der Waals surface area contributed by atoms with E-state index in [1.807, 2.05) is 18.4 Å². The van der Waals surface area contributed by atoms with Gasteiger partial charge in [0.2, 0.25) is 5.95 Å². The van der Waals surface area contributed by atoms with Gasteiger partial charge >= 0.3 is 0 Å². The Morgan fingerprint density at radius 3 is 2.79 bits per heavy atom. The van der Waals surface area contributed by atoms with E-state index in [1.165, 1.54) is 4.88 Å². The summed E-state index contributed by atoms with van der Waals surface area (Å²) in [5, 5.41) is 7.17. The maximum atomic E-state index is 6.07. The summed E-state index contributed by atoms with van der Waals surface area (Å²) in [5.74, 6) is 1.21. The maximum Gasteiger partial charge on any atom is 0.229 e. The number of nitrogens with two attached hydrogens (primary N) is 1. The lowest BCUT2D eigenvalue weighted by Crippen LogP contribution is -2.47. The molecule has 0 bridgehead atoms. The number of nitrogen functional groups attached to an aromatic ring is 1. The fourth-order valence-electron chi connectivity index (χ4n) is 3.07. The van der Waals surface area contributed by atoms with Crippen molar-refractivity contribution in [3.05, 3.63) is 28.6 Å². The van der Waals surface area contributed by atoms with Crippen LogP contribution in [0, 0.1) is 0 Å². The molecule has 0 radical (unpaired) electrons. The molecule has 3 aromatic heterocycles. The van der Waals surface area contributed by atoms with Gasteiger partial charge in [-0.1, -0.05) is 6.07 Å². The maximum absolute atomic E-state index is 6.07. The summed E-state index contributed by atoms with van der Waals surface area (Å²) in [6, 6.07) is 4.33. The van der Waals surface area contributed by atoms with Crippen molar-refractivity contribution >= 4 is 34.1 Å². The molecular weight excluding hydrogens is 322 g/mol. The predicted molar refractivity (Wildman–Crippen MR) is 97.4 cm³/mol. The van der Waals surface area contributed by atoms with E-state index in [9.17, 15) is 0 Å². The number of fused-ring (bicyclic) bond motifs is 1. The highest BCUT2D eigenvalue weighted by Crippen LogP contribution is 2.21. The Kier molecular flexibility index (Phi) is 4.07. The Morgan fingerprint density at radius 2 is 2.04 bits per heavy atom. The molecule has 0 unspecified atom stereocenters. The van der Waals surface area contributed by atoms with Crippen LogP contribution in [0.25, 0.3) is 11.0 Å². The summed E-state index contributed by atoms with van der Waals surface area (Å²) < 4.78 is 1.74. The Bertz CT molecular complexity index is 818. The molecule has 4 heterocycles. The monoisotopic (exact) mass is 343 g/mol. The van der Waals surface area contributed by atoms with Gasteiger partial charge in [-0.05, 0) is 17.9 Å². The molecule has 126 valence electrons. The van der Waals surface area contributed by atoms with Crippen molar-refractivity contribution in [2.75, 3.05) is 43.4 Å². The van der Waals surface area contributed by atoms with Crippen molar-refractivity contribution < 1.29 is 0 Å². The van der Waals surface area contributed by atoms with Crippen LogP contribution in [0.2, 0.25) is 0 Å². The fourth-order valence-corrected chi connectivity index (χ4v) is 3.77. The molecule has 0 atom stereocenters. The number of thiophene rings is 1. The first kappa shape index (κ1) is 15.3. The van der Waals surface area contributed by atoms with Crippen LogP contribution in [0.3, 0.4) is 0 Å². The van der Waals surface area contributed by atoms with Crippen LogP contribution in [0.15, 0.2) is 23.7 Å². The molecule has 24 heavy (non-hydrogen) atoms. The van der Waals surface area contributed by atoms with Crippen molar-refractivity contribution in [3.8, 4) is 0 Å². The molecular formula is C16H21N7S. The second-order valence-electron chi connectivity index (χ2n) is 6.07. The third-order valence-electron chi connectivity index (χ3n) is 4.52. The number of anilines is 2. The van der Waals surface area contributed by atoms with Gasteiger partial charge in [0.25, 0.3) is 0 Å². The third kappa shape index (κ3) is 2.94. The number of nitrogens with zero attached hydrogens (tertiary/aromatic N) is 6. The molecule has 4 rings (SSSR count). The van der Waals surface area contributed by atoms with Gasteiger partial charge in [0.15, 0.2) is 5.65 Å². The quantitative estimate of drug-likeness (QED) is 0.771. The second-order valence-corrected chi connectivity index (χ2v) is 7.10. The van der Waals surface area contributed by atoms with E-state index in [0.29, 0.717) is 11.8 Å². The Labute approximate surface area is 144 Å². The van der Waals surface area contributed by atoms with Crippen LogP contribution in [0.4, 0.5) is 11.8 Å². The van der Waals surface area contributed by atoms with Gasteiger partial charge in [0, 0.05) is 44.6 Å². The highest BCUT2D eigenvalue weighted by molar-refractivity contribution is 7.09. The van der Waals surface area contributed by atoms with Crippen molar-refractivity contribution in [1.29, 1.82) is 0 Å². The Morgan fingerprint density at radius 1 is 1.21 bits per heavy atom. The van der Waals surface area contributed by atoms with E-state index < -0.39 is 0 Å². The van der Waals surface area contributed by atoms with Gasteiger partial charge in [0.05, 0.1) is 11.6 Å². The fraction of sp³-hybridized carbons (Fsp3) is 0.438. The van der Waals surface area contributed by atoms with Crippen molar-refractivity contribution in [1.82, 2.24) is 24.6 Å². The molecule has 0 aromatic carbocycles. The van der Waals surface area contributed by atoms with Crippen molar-refractivity contribution in [3.63, 3.8) is 0 Å². The predicted octanol–water partition coefficient (Wildman–Crippen LogP) is 1.37. The first-order chi connectivity index (χ1) is 11.7. The van der Waals surface area contributed by atoms with E-state index in [0.717, 1.165) is 50.2 Å². The van der Waals surface area contributed by atoms with Crippen LogP contribution >= 0.6 is 11.3 Å². The van der Waals surface area contributed by atoms with E-state index in [4.69, 9.17) is 5.73 Å². The van der Waals surface area contributed by atoms with Crippen LogP contribution < -0.4 is 10.6 Å². The Balaban J connectivity index is 1.41. The van der Waals surface area contributed by atoms with E-state index in [-0.39, 0.29) is 0 Å². The first-order valence-electron chi connectivity index (χ1n) is 8.15. The summed E-state index contributed by atoms with van der Waals surface area (Å²) in [6.45, 7) is 5.01. The van der Waals surface area contributed by atoms with Crippen LogP contribution in [-0.4, -0.2) is 57.4 Å². The molecule has 1 fully saturated rings. The van der Waals surface area contributed by atoms with Gasteiger partial charge in [-0.25, -0.2) is 0 Å². The summed E-state index contributed by atoms with van der Waals surface area (Å²) in [4.78, 5) is 15.3. The molecule has 8 heteroatoms. The Hall–Kier alpha value is -2.19. The number of rotatable bonds is 4. The molecule has 3 aromatic rings. The van der Waals surface area contributed by atoms with Gasteiger partial charge in [0.1, 0.15) is 5.82 Å². The summed E-state index contributed by atoms with van der Waals surface area (Å²) >= 11 is 1.83. The minimum absolute atomic E-state index is 0.503. The first-order valence-corrected chi connectivity index (χ1v) is 9.03. The largest absolute Gasteiger partial charge is 0.383 e. The van der Waals surface area contributed by atoms with Crippen molar-refractivity contribution in [2.24, 2.45) is 7.05 Å².